The Kier molecular flexibility index (Phi) is 14.0. The van der Waals surface area contributed by atoms with Crippen LogP contribution in [0.25, 0.3) is 33.3 Å². The summed E-state index contributed by atoms with van der Waals surface area (Å²) in [6.07, 6.45) is 5.10. The van der Waals surface area contributed by atoms with Crippen molar-refractivity contribution in [3.8, 4) is 28.1 Å². The molecule has 5 atom stereocenters. The number of carbonyl (C=O) groups excluding carboxylic acids is 5. The van der Waals surface area contributed by atoms with Crippen LogP contribution in [0, 0.1) is 11.3 Å². The van der Waals surface area contributed by atoms with Crippen LogP contribution in [-0.4, -0.2) is 130 Å². The van der Waals surface area contributed by atoms with Gasteiger partial charge < -0.3 is 34.3 Å². The van der Waals surface area contributed by atoms with E-state index in [1.165, 1.54) is 21.9 Å². The average Bonchev–Trinajstić information content (AvgIpc) is 3.93. The van der Waals surface area contributed by atoms with Gasteiger partial charge in [0.15, 0.2) is 0 Å². The van der Waals surface area contributed by atoms with Crippen molar-refractivity contribution in [3.63, 3.8) is 0 Å². The third-order valence-corrected chi connectivity index (χ3v) is 12.9. The molecule has 4 amide bonds. The molecule has 3 aliphatic rings. The molecule has 2 fully saturated rings. The maximum Gasteiger partial charge on any atom is 0.324 e. The second-order valence-electron chi connectivity index (χ2n) is 19.0. The Bertz CT molecular complexity index is 2470. The Morgan fingerprint density at radius 3 is 2.54 bits per heavy atom. The van der Waals surface area contributed by atoms with Crippen LogP contribution in [0.2, 0.25) is 0 Å². The number of likely N-dealkylation sites (N-methyl/N-ethyl adjacent to an activating group) is 2. The number of fused-ring (bicyclic) bond motifs is 6. The largest absolute Gasteiger partial charge is 0.508 e. The van der Waals surface area contributed by atoms with Crippen LogP contribution in [0.1, 0.15) is 71.1 Å². The second kappa shape index (κ2) is 19.3. The van der Waals surface area contributed by atoms with Crippen molar-refractivity contribution in [1.82, 2.24) is 40.4 Å². The van der Waals surface area contributed by atoms with Crippen LogP contribution >= 0.6 is 0 Å². The summed E-state index contributed by atoms with van der Waals surface area (Å²) in [5.41, 5.74) is 9.68. The van der Waals surface area contributed by atoms with Crippen molar-refractivity contribution in [2.24, 2.45) is 11.3 Å². The Morgan fingerprint density at radius 1 is 1.09 bits per heavy atom. The number of aryl methyl sites for hydroxylation is 1. The van der Waals surface area contributed by atoms with Gasteiger partial charge in [0.1, 0.15) is 29.9 Å². The lowest BCUT2D eigenvalue weighted by Crippen LogP contribution is -2.62. The minimum Gasteiger partial charge on any atom is -0.508 e. The Morgan fingerprint density at radius 2 is 1.85 bits per heavy atom. The Hall–Kier alpha value is -5.84. The Labute approximate surface area is 381 Å². The van der Waals surface area contributed by atoms with Crippen molar-refractivity contribution < 1.29 is 38.6 Å². The van der Waals surface area contributed by atoms with Crippen LogP contribution in [-0.2, 0) is 59.4 Å². The average molecular weight is 893 g/mol. The van der Waals surface area contributed by atoms with Gasteiger partial charge in [-0.1, -0.05) is 39.8 Å². The van der Waals surface area contributed by atoms with E-state index in [9.17, 15) is 29.1 Å². The number of phenols is 1. The van der Waals surface area contributed by atoms with Crippen molar-refractivity contribution >= 4 is 40.5 Å². The predicted molar refractivity (Wildman–Crippen MR) is 246 cm³/mol. The molecule has 6 bridgehead atoms. The first-order valence-corrected chi connectivity index (χ1v) is 22.6. The molecule has 16 nitrogen and oxygen atoms in total. The van der Waals surface area contributed by atoms with Gasteiger partial charge in [0.2, 0.25) is 17.7 Å². The van der Waals surface area contributed by atoms with Gasteiger partial charge in [-0.25, -0.2) is 5.43 Å². The zero-order valence-corrected chi connectivity index (χ0v) is 39.1. The fraction of sp³-hybridized carbons (Fsp3) is 0.510. The van der Waals surface area contributed by atoms with E-state index in [1.54, 1.807) is 32.5 Å². The molecule has 0 spiro atoms. The van der Waals surface area contributed by atoms with Crippen LogP contribution in [0.4, 0.5) is 0 Å². The quantitative estimate of drug-likeness (QED) is 0.125. The summed E-state index contributed by atoms with van der Waals surface area (Å²) < 4.78 is 14.0. The molecule has 16 heteroatoms. The number of nitrogens with one attached hydrogen (secondary N) is 3. The lowest BCUT2D eigenvalue weighted by molar-refractivity contribution is -0.155. The third kappa shape index (κ3) is 10.2. The van der Waals surface area contributed by atoms with Gasteiger partial charge in [0, 0.05) is 81.0 Å². The number of phenolic OH excluding ortho intramolecular Hbond substituents is 1. The first-order chi connectivity index (χ1) is 30.9. The summed E-state index contributed by atoms with van der Waals surface area (Å²) in [5.74, 6) is -2.57. The summed E-state index contributed by atoms with van der Waals surface area (Å²) in [6, 6.07) is 10.1. The number of rotatable bonds is 11. The zero-order chi connectivity index (χ0) is 46.9. The van der Waals surface area contributed by atoms with E-state index >= 15 is 0 Å². The molecule has 0 aliphatic carbocycles. The molecule has 3 aliphatic heterocycles. The molecule has 0 radical (unpaired) electrons. The monoisotopic (exact) mass is 892 g/mol. The lowest BCUT2D eigenvalue weighted by Gasteiger charge is -2.37. The fourth-order valence-corrected chi connectivity index (χ4v) is 9.41. The first kappa shape index (κ1) is 47.1. The first-order valence-electron chi connectivity index (χ1n) is 22.6. The van der Waals surface area contributed by atoms with E-state index in [4.69, 9.17) is 9.47 Å². The van der Waals surface area contributed by atoms with Crippen molar-refractivity contribution in [1.29, 1.82) is 0 Å². The number of benzene rings is 2. The number of ether oxygens (including phenoxy) is 2. The zero-order valence-electron chi connectivity index (χ0n) is 39.1. The fourth-order valence-electron chi connectivity index (χ4n) is 9.41. The molecule has 4 aromatic rings. The highest BCUT2D eigenvalue weighted by Crippen LogP contribution is 2.41. The topological polar surface area (TPSA) is 198 Å². The van der Waals surface area contributed by atoms with Crippen molar-refractivity contribution in [2.45, 2.75) is 111 Å². The molecular formula is C49H64N8O8. The van der Waals surface area contributed by atoms with E-state index < -0.39 is 47.2 Å². The van der Waals surface area contributed by atoms with Gasteiger partial charge in [-0.15, -0.1) is 0 Å². The number of methoxy groups -OCH3 is 1. The molecule has 1 unspecified atom stereocenters. The number of amides is 4. The number of cyclic esters (lactones) is 1. The molecule has 348 valence electrons. The Balaban J connectivity index is 1.29. The molecule has 2 aromatic carbocycles. The molecule has 2 saturated heterocycles. The number of carbonyl (C=O) groups is 5. The van der Waals surface area contributed by atoms with Crippen molar-refractivity contribution in [3.05, 3.63) is 71.5 Å². The van der Waals surface area contributed by atoms with Gasteiger partial charge in [0.05, 0.1) is 25.5 Å². The van der Waals surface area contributed by atoms with Gasteiger partial charge >= 0.3 is 5.97 Å². The highest BCUT2D eigenvalue weighted by molar-refractivity contribution is 5.96. The number of aromatic nitrogens is 2. The number of nitrogens with zero attached hydrogens (tertiary/aromatic N) is 5. The van der Waals surface area contributed by atoms with Crippen LogP contribution in [0.15, 0.2) is 54.9 Å². The number of hydrogen-bond acceptors (Lipinski definition) is 11. The third-order valence-electron chi connectivity index (χ3n) is 12.9. The number of aromatic hydroxyl groups is 1. The van der Waals surface area contributed by atoms with Crippen LogP contribution < -0.4 is 16.1 Å². The molecule has 7 rings (SSSR count). The summed E-state index contributed by atoms with van der Waals surface area (Å²) in [4.78, 5) is 76.6. The van der Waals surface area contributed by atoms with Crippen LogP contribution in [0.5, 0.6) is 5.75 Å². The van der Waals surface area contributed by atoms with Gasteiger partial charge in [-0.2, -0.15) is 0 Å². The highest BCUT2D eigenvalue weighted by Gasteiger charge is 2.42. The van der Waals surface area contributed by atoms with Gasteiger partial charge in [0.25, 0.3) is 5.91 Å². The van der Waals surface area contributed by atoms with E-state index in [0.29, 0.717) is 43.5 Å². The van der Waals surface area contributed by atoms with Crippen LogP contribution in [0.3, 0.4) is 0 Å². The summed E-state index contributed by atoms with van der Waals surface area (Å²) in [7, 11) is 4.75. The summed E-state index contributed by atoms with van der Waals surface area (Å²) in [6.45, 7) is 13.0. The van der Waals surface area contributed by atoms with Gasteiger partial charge in [-0.3, -0.25) is 39.3 Å². The van der Waals surface area contributed by atoms with E-state index in [0.717, 1.165) is 38.9 Å². The molecule has 2 aromatic heterocycles. The second-order valence-corrected chi connectivity index (χ2v) is 19.0. The van der Waals surface area contributed by atoms with Gasteiger partial charge in [-0.05, 0) is 97.2 Å². The molecule has 65 heavy (non-hydrogen) atoms. The molecular weight excluding hydrogens is 829 g/mol. The maximum absolute atomic E-state index is 14.7. The molecule has 0 saturated carbocycles. The number of hydrazine groups is 1. The van der Waals surface area contributed by atoms with E-state index in [2.05, 4.69) is 58.5 Å². The standard InChI is InChI=1S/C49H64N8O8/c1-10-56-40-14-13-31-22-35(40)36(44(56)37-24-50-16-15-32(37)26-64-9)23-49(5,6)27-65-48(63)38-12-11-17-57(53-38)46(61)39(20-30-18-33(31)21-34(58)19-30)52-45(60)43(28(2)3)55(8)41(59)25-54(7)47(62)42-29(4)51-42/h13-16,18-19,21-22,24,28-29,38-39,42-43,51,53,58H,10-12,17,20,23,25-27H2,1-9H3,(H,52,60)/t29-,38-,39-,42-,43?/m0/s1. The number of pyridine rings is 1. The minimum atomic E-state index is -1.18. The number of hydrogen-bond donors (Lipinski definition) is 4. The SMILES string of the molecule is CCn1c(-c2cnccc2COC)c2c3cc(ccc31)-c1cc(O)cc(c1)C[C@H](NC(=O)C(C(C)C)N(C)C(=O)CN(C)C(=O)[C@H]1N[C@H]1C)C(=O)N1CCC[C@H](N1)C(=O)OCC(C)(C)C2. The normalized spacial score (nSPS) is 21.4. The molecule has 5 heterocycles. The predicted octanol–water partition coefficient (Wildman–Crippen LogP) is 4.19. The smallest absolute Gasteiger partial charge is 0.324 e. The van der Waals surface area contributed by atoms with Crippen molar-refractivity contribution in [2.75, 3.05) is 40.9 Å². The highest BCUT2D eigenvalue weighted by atomic mass is 16.5. The summed E-state index contributed by atoms with van der Waals surface area (Å²) in [5, 5.41) is 19.7. The van der Waals surface area contributed by atoms with E-state index in [1.807, 2.05) is 45.2 Å². The lowest BCUT2D eigenvalue weighted by atomic mass is 9.84. The molecule has 4 N–H and O–H groups in total. The number of esters is 1. The summed E-state index contributed by atoms with van der Waals surface area (Å²) >= 11 is 0. The maximum atomic E-state index is 14.7. The minimum absolute atomic E-state index is 0.0176. The van der Waals surface area contributed by atoms with E-state index in [-0.39, 0.29) is 55.8 Å².